The van der Waals surface area contributed by atoms with Gasteiger partial charge in [-0.1, -0.05) is 6.07 Å². The average molecular weight is 304 g/mol. The third-order valence-electron chi connectivity index (χ3n) is 3.40. The molecule has 1 aromatic carbocycles. The van der Waals surface area contributed by atoms with E-state index in [-0.39, 0.29) is 4.90 Å². The van der Waals surface area contributed by atoms with Crippen LogP contribution in [0, 0.1) is 25.2 Å². The molecule has 0 aliphatic carbocycles. The number of anilines is 1. The lowest BCUT2D eigenvalue weighted by molar-refractivity contribution is 0.593. The fourth-order valence-corrected chi connectivity index (χ4v) is 3.76. The predicted molar refractivity (Wildman–Crippen MR) is 79.4 cm³/mol. The Morgan fingerprint density at radius 3 is 2.52 bits per heavy atom. The lowest BCUT2D eigenvalue weighted by Gasteiger charge is -2.19. The fourth-order valence-electron chi connectivity index (χ4n) is 2.17. The van der Waals surface area contributed by atoms with Crippen LogP contribution in [0.3, 0.4) is 0 Å². The zero-order chi connectivity index (χ0) is 15.8. The molecule has 0 saturated carbocycles. The molecule has 1 aromatic heterocycles. The molecule has 1 heterocycles. The van der Waals surface area contributed by atoms with Gasteiger partial charge in [0.25, 0.3) is 10.0 Å². The van der Waals surface area contributed by atoms with Crippen molar-refractivity contribution in [3.8, 4) is 6.07 Å². The van der Waals surface area contributed by atoms with Crippen molar-refractivity contribution in [3.05, 3.63) is 41.2 Å². The maximum Gasteiger partial charge on any atom is 0.267 e. The summed E-state index contributed by atoms with van der Waals surface area (Å²) in [5.74, 6) is 0. The molecule has 0 aliphatic heterocycles. The number of hydrogen-bond donors (Lipinski definition) is 0. The average Bonchev–Trinajstić information content (AvgIpc) is 2.71. The maximum atomic E-state index is 12.8. The lowest BCUT2D eigenvalue weighted by Crippen LogP contribution is -2.27. The molecule has 6 nitrogen and oxygen atoms in total. The largest absolute Gasteiger partial charge is 0.271 e. The van der Waals surface area contributed by atoms with Crippen molar-refractivity contribution in [2.45, 2.75) is 18.7 Å². The van der Waals surface area contributed by atoms with E-state index < -0.39 is 10.0 Å². The number of rotatable bonds is 3. The van der Waals surface area contributed by atoms with E-state index in [1.165, 1.54) is 11.4 Å². The van der Waals surface area contributed by atoms with Gasteiger partial charge in [0, 0.05) is 14.1 Å². The number of aromatic nitrogens is 2. The van der Waals surface area contributed by atoms with Gasteiger partial charge in [-0.2, -0.15) is 10.4 Å². The van der Waals surface area contributed by atoms with Gasteiger partial charge in [0.1, 0.15) is 4.90 Å². The van der Waals surface area contributed by atoms with Gasteiger partial charge in [0.2, 0.25) is 0 Å². The molecule has 0 atom stereocenters. The standard InChI is InChI=1S/C14H16N4O2S/c1-10-14(11(2)17(3)16-10)21(19,20)18(4)13-7-5-6-12(8-13)9-15/h5-8H,1-4H3. The predicted octanol–water partition coefficient (Wildman–Crippen LogP) is 1.73. The molecule has 110 valence electrons. The van der Waals surface area contributed by atoms with Crippen LogP contribution in [0.2, 0.25) is 0 Å². The van der Waals surface area contributed by atoms with Gasteiger partial charge >= 0.3 is 0 Å². The van der Waals surface area contributed by atoms with E-state index in [4.69, 9.17) is 5.26 Å². The molecule has 0 aliphatic rings. The van der Waals surface area contributed by atoms with Crippen molar-refractivity contribution in [2.24, 2.45) is 7.05 Å². The quantitative estimate of drug-likeness (QED) is 0.865. The van der Waals surface area contributed by atoms with Crippen molar-refractivity contribution in [1.29, 1.82) is 5.26 Å². The fraction of sp³-hybridized carbons (Fsp3) is 0.286. The summed E-state index contributed by atoms with van der Waals surface area (Å²) in [7, 11) is -0.541. The van der Waals surface area contributed by atoms with E-state index in [1.807, 2.05) is 6.07 Å². The molecule has 0 unspecified atom stereocenters. The molecular formula is C14H16N4O2S. The molecule has 0 fully saturated rings. The third kappa shape index (κ3) is 2.50. The Morgan fingerprint density at radius 1 is 1.33 bits per heavy atom. The van der Waals surface area contributed by atoms with Crippen LogP contribution in [-0.2, 0) is 17.1 Å². The van der Waals surface area contributed by atoms with Crippen molar-refractivity contribution in [1.82, 2.24) is 9.78 Å². The van der Waals surface area contributed by atoms with Gasteiger partial charge in [0.05, 0.1) is 28.7 Å². The lowest BCUT2D eigenvalue weighted by atomic mass is 10.2. The summed E-state index contributed by atoms with van der Waals surface area (Å²) in [6, 6.07) is 8.48. The zero-order valence-corrected chi connectivity index (χ0v) is 13.1. The molecular weight excluding hydrogens is 288 g/mol. The first kappa shape index (κ1) is 15.1. The van der Waals surface area contributed by atoms with Gasteiger partial charge in [-0.3, -0.25) is 8.99 Å². The molecule has 0 spiro atoms. The molecule has 2 rings (SSSR count). The Labute approximate surface area is 124 Å². The number of nitriles is 1. The topological polar surface area (TPSA) is 79.0 Å². The monoisotopic (exact) mass is 304 g/mol. The van der Waals surface area contributed by atoms with Crippen LogP contribution in [0.1, 0.15) is 17.0 Å². The van der Waals surface area contributed by atoms with Gasteiger partial charge in [-0.05, 0) is 32.0 Å². The van der Waals surface area contributed by atoms with Crippen LogP contribution in [0.4, 0.5) is 5.69 Å². The van der Waals surface area contributed by atoms with E-state index in [0.717, 1.165) is 0 Å². The van der Waals surface area contributed by atoms with E-state index in [1.54, 1.807) is 49.8 Å². The second kappa shape index (κ2) is 5.22. The molecule has 21 heavy (non-hydrogen) atoms. The third-order valence-corrected chi connectivity index (χ3v) is 5.44. The van der Waals surface area contributed by atoms with Crippen molar-refractivity contribution in [3.63, 3.8) is 0 Å². The van der Waals surface area contributed by atoms with Crippen molar-refractivity contribution >= 4 is 15.7 Å². The summed E-state index contributed by atoms with van der Waals surface area (Å²) in [6.45, 7) is 3.38. The highest BCUT2D eigenvalue weighted by Gasteiger charge is 2.28. The van der Waals surface area contributed by atoms with Crippen LogP contribution < -0.4 is 4.31 Å². The van der Waals surface area contributed by atoms with E-state index in [9.17, 15) is 8.42 Å². The Kier molecular flexibility index (Phi) is 3.75. The normalized spacial score (nSPS) is 11.2. The number of hydrogen-bond acceptors (Lipinski definition) is 4. The maximum absolute atomic E-state index is 12.8. The van der Waals surface area contributed by atoms with Gasteiger partial charge < -0.3 is 0 Å². The summed E-state index contributed by atoms with van der Waals surface area (Å²) in [5.41, 5.74) is 1.89. The second-order valence-electron chi connectivity index (χ2n) is 4.76. The van der Waals surface area contributed by atoms with E-state index in [2.05, 4.69) is 5.10 Å². The van der Waals surface area contributed by atoms with Crippen molar-refractivity contribution in [2.75, 3.05) is 11.4 Å². The van der Waals surface area contributed by atoms with Crippen LogP contribution in [0.15, 0.2) is 29.2 Å². The SMILES string of the molecule is Cc1nn(C)c(C)c1S(=O)(=O)N(C)c1cccc(C#N)c1. The molecule has 2 aromatic rings. The summed E-state index contributed by atoms with van der Waals surface area (Å²) in [5, 5.41) is 13.1. The smallest absolute Gasteiger partial charge is 0.267 e. The number of benzene rings is 1. The Morgan fingerprint density at radius 2 is 2.00 bits per heavy atom. The Hall–Kier alpha value is -2.33. The number of nitrogens with zero attached hydrogens (tertiary/aromatic N) is 4. The molecule has 0 saturated heterocycles. The number of aryl methyl sites for hydroxylation is 2. The number of sulfonamides is 1. The van der Waals surface area contributed by atoms with Gasteiger partial charge in [0.15, 0.2) is 0 Å². The summed E-state index contributed by atoms with van der Waals surface area (Å²) >= 11 is 0. The van der Waals surface area contributed by atoms with Gasteiger partial charge in [-0.25, -0.2) is 8.42 Å². The van der Waals surface area contributed by atoms with Gasteiger partial charge in [-0.15, -0.1) is 0 Å². The zero-order valence-electron chi connectivity index (χ0n) is 12.3. The Bertz CT molecular complexity index is 831. The molecule has 0 radical (unpaired) electrons. The van der Waals surface area contributed by atoms with Crippen molar-refractivity contribution < 1.29 is 8.42 Å². The first-order chi connectivity index (χ1) is 9.78. The summed E-state index contributed by atoms with van der Waals surface area (Å²) in [4.78, 5) is 0.204. The highest BCUT2D eigenvalue weighted by atomic mass is 32.2. The van der Waals surface area contributed by atoms with Crippen LogP contribution >= 0.6 is 0 Å². The second-order valence-corrected chi connectivity index (χ2v) is 6.66. The highest BCUT2D eigenvalue weighted by Crippen LogP contribution is 2.26. The molecule has 7 heteroatoms. The minimum Gasteiger partial charge on any atom is -0.271 e. The Balaban J connectivity index is 2.56. The van der Waals surface area contributed by atoms with E-state index >= 15 is 0 Å². The molecule has 0 bridgehead atoms. The van der Waals surface area contributed by atoms with E-state index in [0.29, 0.717) is 22.6 Å². The minimum atomic E-state index is -3.72. The van der Waals surface area contributed by atoms with Crippen LogP contribution in [0.25, 0.3) is 0 Å². The molecule has 0 N–H and O–H groups in total. The summed E-state index contributed by atoms with van der Waals surface area (Å²) < 4.78 is 28.3. The highest BCUT2D eigenvalue weighted by molar-refractivity contribution is 7.92. The minimum absolute atomic E-state index is 0.204. The summed E-state index contributed by atoms with van der Waals surface area (Å²) in [6.07, 6.45) is 0. The molecule has 0 amide bonds. The first-order valence-corrected chi connectivity index (χ1v) is 7.72. The first-order valence-electron chi connectivity index (χ1n) is 6.28. The van der Waals surface area contributed by atoms with Crippen LogP contribution in [0.5, 0.6) is 0 Å². The van der Waals surface area contributed by atoms with Crippen LogP contribution in [-0.4, -0.2) is 25.2 Å².